The molecule has 0 radical (unpaired) electrons. The fourth-order valence-corrected chi connectivity index (χ4v) is 6.89. The smallest absolute Gasteiger partial charge is 0.143 e. The van der Waals surface area contributed by atoms with Gasteiger partial charge in [-0.05, 0) is 23.1 Å². The lowest BCUT2D eigenvalue weighted by Crippen LogP contribution is -2.34. The van der Waals surface area contributed by atoms with E-state index in [4.69, 9.17) is 42.6 Å². The second-order valence-electron chi connectivity index (χ2n) is 14.8. The molecule has 0 atom stereocenters. The van der Waals surface area contributed by atoms with E-state index >= 15 is 0 Å². The van der Waals surface area contributed by atoms with Gasteiger partial charge in [-0.2, -0.15) is 0 Å². The van der Waals surface area contributed by atoms with E-state index in [9.17, 15) is 0 Å². The van der Waals surface area contributed by atoms with Crippen molar-refractivity contribution in [3.05, 3.63) is 108 Å². The van der Waals surface area contributed by atoms with Crippen molar-refractivity contribution < 1.29 is 42.6 Å². The van der Waals surface area contributed by atoms with Crippen LogP contribution in [0.1, 0.15) is 107 Å². The molecule has 0 saturated carbocycles. The molecule has 332 valence electrons. The summed E-state index contributed by atoms with van der Waals surface area (Å²) in [5.74, 6) is 0. The predicted octanol–water partition coefficient (Wildman–Crippen LogP) is 10.2. The molecule has 0 heterocycles. The third-order valence-electron chi connectivity index (χ3n) is 10.1. The van der Waals surface area contributed by atoms with Gasteiger partial charge in [-0.15, -0.1) is 0 Å². The van der Waals surface area contributed by atoms with Crippen molar-refractivity contribution in [1.82, 2.24) is 0 Å². The highest BCUT2D eigenvalue weighted by atomic mass is 16.6. The van der Waals surface area contributed by atoms with Crippen LogP contribution in [0, 0.1) is 0 Å². The summed E-state index contributed by atoms with van der Waals surface area (Å²) < 4.78 is 51.9. The van der Waals surface area contributed by atoms with E-state index < -0.39 is 5.60 Å². The normalized spacial score (nSPS) is 11.7. The molecule has 0 amide bonds. The maximum absolute atomic E-state index is 6.74. The first-order chi connectivity index (χ1) is 29.4. The molecule has 0 unspecified atom stereocenters. The average Bonchev–Trinajstić information content (AvgIpc) is 3.28. The van der Waals surface area contributed by atoms with Crippen molar-refractivity contribution in [2.24, 2.45) is 0 Å². The van der Waals surface area contributed by atoms with E-state index in [0.717, 1.165) is 29.7 Å². The Bertz CT molecular complexity index is 1200. The Kier molecular flexibility index (Phi) is 31.8. The molecule has 0 saturated heterocycles. The lowest BCUT2D eigenvalue weighted by molar-refractivity contribution is -0.0398. The van der Waals surface area contributed by atoms with Crippen LogP contribution in [0.4, 0.5) is 0 Å². The Labute approximate surface area is 357 Å². The van der Waals surface area contributed by atoms with Gasteiger partial charge in [0.15, 0.2) is 0 Å². The first kappa shape index (κ1) is 50.7. The number of rotatable bonds is 42. The van der Waals surface area contributed by atoms with Crippen molar-refractivity contribution in [3.8, 4) is 0 Å². The van der Waals surface area contributed by atoms with Crippen molar-refractivity contribution in [2.75, 3.05) is 112 Å². The molecule has 0 fully saturated rings. The Morgan fingerprint density at radius 1 is 0.271 bits per heavy atom. The van der Waals surface area contributed by atoms with Gasteiger partial charge < -0.3 is 42.6 Å². The monoisotopic (exact) mass is 823 g/mol. The van der Waals surface area contributed by atoms with Crippen LogP contribution in [-0.2, 0) is 48.2 Å². The summed E-state index contributed by atoms with van der Waals surface area (Å²) in [5.41, 5.74) is 2.47. The van der Waals surface area contributed by atoms with Gasteiger partial charge in [0, 0.05) is 6.61 Å². The van der Waals surface area contributed by atoms with E-state index in [2.05, 4.69) is 79.7 Å². The van der Waals surface area contributed by atoms with E-state index in [1.165, 1.54) is 77.0 Å². The van der Waals surface area contributed by atoms with Gasteiger partial charge in [0.1, 0.15) is 5.60 Å². The maximum Gasteiger partial charge on any atom is 0.143 e. The number of hydrogen-bond acceptors (Lipinski definition) is 9. The highest BCUT2D eigenvalue weighted by Gasteiger charge is 2.37. The van der Waals surface area contributed by atoms with Crippen LogP contribution >= 0.6 is 0 Å². The fraction of sp³-hybridized carbons (Fsp3) is 0.640. The minimum Gasteiger partial charge on any atom is -0.379 e. The third-order valence-corrected chi connectivity index (χ3v) is 10.1. The molecular formula is C50H78O9. The molecule has 3 rings (SSSR count). The van der Waals surface area contributed by atoms with Gasteiger partial charge in [0.05, 0.1) is 106 Å². The minimum atomic E-state index is -0.746. The van der Waals surface area contributed by atoms with Crippen LogP contribution in [0.2, 0.25) is 0 Å². The molecule has 0 spiro atoms. The van der Waals surface area contributed by atoms with Crippen molar-refractivity contribution in [3.63, 3.8) is 0 Å². The predicted molar refractivity (Wildman–Crippen MR) is 237 cm³/mol. The van der Waals surface area contributed by atoms with Crippen molar-refractivity contribution >= 4 is 0 Å². The lowest BCUT2D eigenvalue weighted by Gasteiger charge is -2.36. The lowest BCUT2D eigenvalue weighted by atomic mass is 9.80. The van der Waals surface area contributed by atoms with Gasteiger partial charge in [-0.25, -0.2) is 0 Å². The highest BCUT2D eigenvalue weighted by molar-refractivity contribution is 5.47. The van der Waals surface area contributed by atoms with Crippen LogP contribution < -0.4 is 0 Å². The quantitative estimate of drug-likeness (QED) is 0.0410. The molecule has 3 aromatic carbocycles. The first-order valence-electron chi connectivity index (χ1n) is 22.8. The molecule has 9 nitrogen and oxygen atoms in total. The molecule has 9 heteroatoms. The minimum absolute atomic E-state index is 0.423. The topological polar surface area (TPSA) is 83.1 Å². The number of hydrogen-bond donors (Lipinski definition) is 0. The highest BCUT2D eigenvalue weighted by Crippen LogP contribution is 2.40. The van der Waals surface area contributed by atoms with Gasteiger partial charge in [-0.3, -0.25) is 0 Å². The van der Waals surface area contributed by atoms with E-state index in [1.807, 2.05) is 18.2 Å². The zero-order chi connectivity index (χ0) is 41.4. The standard InChI is InChI=1S/C50H78O9/c1-2-3-4-5-6-7-8-9-10-11-12-13-23-30-51-31-32-52-33-34-53-35-36-54-37-38-55-39-40-56-41-42-57-43-44-58-45-46-59-50(47-24-17-14-18-25-47,48-26-19-15-20-27-48)49-28-21-16-22-29-49/h14-22,24-29H,2-13,23,30-46H2,1H3. The summed E-state index contributed by atoms with van der Waals surface area (Å²) in [6.07, 6.45) is 17.8. The summed E-state index contributed by atoms with van der Waals surface area (Å²) in [4.78, 5) is 0. The van der Waals surface area contributed by atoms with Crippen molar-refractivity contribution in [2.45, 2.75) is 96.0 Å². The molecule has 0 bridgehead atoms. The van der Waals surface area contributed by atoms with Gasteiger partial charge in [0.2, 0.25) is 0 Å². The van der Waals surface area contributed by atoms with E-state index in [0.29, 0.717) is 106 Å². The van der Waals surface area contributed by atoms with Crippen LogP contribution in [0.25, 0.3) is 0 Å². The summed E-state index contributed by atoms with van der Waals surface area (Å²) in [7, 11) is 0. The molecular weight excluding hydrogens is 745 g/mol. The van der Waals surface area contributed by atoms with Crippen LogP contribution in [0.3, 0.4) is 0 Å². The average molecular weight is 823 g/mol. The number of benzene rings is 3. The second kappa shape index (κ2) is 37.1. The largest absolute Gasteiger partial charge is 0.379 e. The molecule has 0 N–H and O–H groups in total. The Balaban J connectivity index is 1.02. The van der Waals surface area contributed by atoms with Crippen LogP contribution in [0.15, 0.2) is 91.0 Å². The van der Waals surface area contributed by atoms with E-state index in [1.54, 1.807) is 0 Å². The Morgan fingerprint density at radius 2 is 0.508 bits per heavy atom. The van der Waals surface area contributed by atoms with E-state index in [-0.39, 0.29) is 0 Å². The molecule has 0 aliphatic rings. The van der Waals surface area contributed by atoms with Crippen LogP contribution in [-0.4, -0.2) is 112 Å². The summed E-state index contributed by atoms with van der Waals surface area (Å²) in [6.45, 7) is 11.5. The maximum atomic E-state index is 6.74. The molecule has 59 heavy (non-hydrogen) atoms. The summed E-state index contributed by atoms with van der Waals surface area (Å²) in [5, 5.41) is 0. The number of unbranched alkanes of at least 4 members (excludes halogenated alkanes) is 12. The summed E-state index contributed by atoms with van der Waals surface area (Å²) >= 11 is 0. The molecule has 0 aliphatic carbocycles. The Hall–Kier alpha value is -2.70. The second-order valence-corrected chi connectivity index (χ2v) is 14.8. The SMILES string of the molecule is CCCCCCCCCCCCCCCOCCOCCOCCOCCOCCOCCOCCOCCOC(c1ccccc1)(c1ccccc1)c1ccccc1. The molecule has 0 aliphatic heterocycles. The third kappa shape index (κ3) is 24.4. The Morgan fingerprint density at radius 3 is 0.797 bits per heavy atom. The summed E-state index contributed by atoms with van der Waals surface area (Å²) in [6, 6.07) is 31.1. The van der Waals surface area contributed by atoms with Crippen LogP contribution in [0.5, 0.6) is 0 Å². The molecule has 0 aromatic heterocycles. The van der Waals surface area contributed by atoms with Gasteiger partial charge in [0.25, 0.3) is 0 Å². The zero-order valence-electron chi connectivity index (χ0n) is 36.5. The first-order valence-corrected chi connectivity index (χ1v) is 22.8. The van der Waals surface area contributed by atoms with Gasteiger partial charge >= 0.3 is 0 Å². The fourth-order valence-electron chi connectivity index (χ4n) is 6.89. The number of ether oxygens (including phenoxy) is 9. The molecule has 3 aromatic rings. The van der Waals surface area contributed by atoms with Crippen molar-refractivity contribution in [1.29, 1.82) is 0 Å². The van der Waals surface area contributed by atoms with Gasteiger partial charge in [-0.1, -0.05) is 175 Å². The zero-order valence-corrected chi connectivity index (χ0v) is 36.5.